The summed E-state index contributed by atoms with van der Waals surface area (Å²) in [6.07, 6.45) is 7.55. The summed E-state index contributed by atoms with van der Waals surface area (Å²) in [5, 5.41) is 3.07. The number of hydrogen-bond donors (Lipinski definition) is 1. The lowest BCUT2D eigenvalue weighted by Gasteiger charge is -2.03. The maximum Gasteiger partial charge on any atom is 0.00377 e. The summed E-state index contributed by atoms with van der Waals surface area (Å²) in [5.74, 6) is 0. The first-order chi connectivity index (χ1) is 6.11. The van der Waals surface area contributed by atoms with Crippen LogP contribution in [0, 0.1) is 0 Å². The van der Waals surface area contributed by atoms with Crippen LogP contribution in [0.25, 0.3) is 0 Å². The molecule has 0 aliphatic rings. The third kappa shape index (κ3) is 5.29. The highest BCUT2D eigenvalue weighted by molar-refractivity contribution is 5.39. The summed E-state index contributed by atoms with van der Waals surface area (Å²) < 4.78 is 0. The number of rotatable bonds is 4. The second-order valence-corrected chi connectivity index (χ2v) is 3.41. The molecule has 0 rings (SSSR count). The summed E-state index contributed by atoms with van der Waals surface area (Å²) in [7, 11) is 1.93. The minimum Gasteiger partial charge on any atom is -0.393 e. The molecule has 1 heteroatoms. The molecule has 0 atom stereocenters. The highest BCUT2D eigenvalue weighted by Crippen LogP contribution is 2.12. The zero-order chi connectivity index (χ0) is 10.3. The van der Waals surface area contributed by atoms with Gasteiger partial charge in [0.1, 0.15) is 0 Å². The second-order valence-electron chi connectivity index (χ2n) is 3.41. The molecule has 0 aromatic heterocycles. The van der Waals surface area contributed by atoms with Gasteiger partial charge in [0.05, 0.1) is 0 Å². The number of allylic oxidation sites excluding steroid dienone is 5. The Morgan fingerprint density at radius 3 is 2.23 bits per heavy atom. The zero-order valence-corrected chi connectivity index (χ0v) is 9.44. The molecule has 74 valence electrons. The molecule has 0 aliphatic heterocycles. The molecule has 1 N–H and O–H groups in total. The Balaban J connectivity index is 4.73. The van der Waals surface area contributed by atoms with E-state index in [2.05, 4.69) is 45.2 Å². The molecule has 0 saturated carbocycles. The molecular formula is C12H21N. The van der Waals surface area contributed by atoms with Gasteiger partial charge in [0.2, 0.25) is 0 Å². The summed E-state index contributed by atoms with van der Waals surface area (Å²) in [5.41, 5.74) is 3.92. The zero-order valence-electron chi connectivity index (χ0n) is 9.44. The van der Waals surface area contributed by atoms with E-state index in [-0.39, 0.29) is 0 Å². The van der Waals surface area contributed by atoms with Gasteiger partial charge in [-0.05, 0) is 38.3 Å². The Morgan fingerprint density at radius 1 is 1.23 bits per heavy atom. The van der Waals surface area contributed by atoms with Crippen molar-refractivity contribution in [2.24, 2.45) is 0 Å². The standard InChI is InChI=1S/C12H21N/c1-6-7-11(4)12(9-13-5)8-10(2)3/h7-9,13H,6H2,1-5H3/b11-7+,12-9+. The van der Waals surface area contributed by atoms with Gasteiger partial charge in [-0.2, -0.15) is 0 Å². The van der Waals surface area contributed by atoms with E-state index in [1.54, 1.807) is 0 Å². The predicted octanol–water partition coefficient (Wildman–Crippen LogP) is 3.41. The average molecular weight is 179 g/mol. The highest BCUT2D eigenvalue weighted by Gasteiger charge is 1.94. The summed E-state index contributed by atoms with van der Waals surface area (Å²) in [6.45, 7) is 8.53. The third-order valence-corrected chi connectivity index (χ3v) is 1.71. The minimum atomic E-state index is 1.09. The van der Waals surface area contributed by atoms with Gasteiger partial charge in [-0.1, -0.05) is 24.6 Å². The van der Waals surface area contributed by atoms with E-state index < -0.39 is 0 Å². The quantitative estimate of drug-likeness (QED) is 0.652. The van der Waals surface area contributed by atoms with Crippen molar-refractivity contribution < 1.29 is 0 Å². The smallest absolute Gasteiger partial charge is 0.00377 e. The van der Waals surface area contributed by atoms with Crippen molar-refractivity contribution in [3.63, 3.8) is 0 Å². The SMILES string of the molecule is CC/C=C(C)/C(C=C(C)C)=C/NC. The molecule has 0 radical (unpaired) electrons. The Morgan fingerprint density at radius 2 is 1.85 bits per heavy atom. The monoisotopic (exact) mass is 179 g/mol. The molecule has 0 fully saturated rings. The molecule has 1 nitrogen and oxygen atoms in total. The molecule has 0 amide bonds. The van der Waals surface area contributed by atoms with Crippen molar-refractivity contribution in [3.05, 3.63) is 35.1 Å². The first-order valence-electron chi connectivity index (χ1n) is 4.81. The van der Waals surface area contributed by atoms with Crippen LogP contribution in [0.3, 0.4) is 0 Å². The van der Waals surface area contributed by atoms with Gasteiger partial charge in [-0.15, -0.1) is 0 Å². The fourth-order valence-electron chi connectivity index (χ4n) is 1.16. The van der Waals surface area contributed by atoms with Crippen LogP contribution in [0.2, 0.25) is 0 Å². The van der Waals surface area contributed by atoms with E-state index in [1.165, 1.54) is 16.7 Å². The van der Waals surface area contributed by atoms with E-state index >= 15 is 0 Å². The average Bonchev–Trinajstić information content (AvgIpc) is 2.03. The minimum absolute atomic E-state index is 1.09. The molecule has 0 saturated heterocycles. The van der Waals surface area contributed by atoms with Gasteiger partial charge >= 0.3 is 0 Å². The Labute approximate surface area is 82.2 Å². The van der Waals surface area contributed by atoms with Gasteiger partial charge in [0.15, 0.2) is 0 Å². The van der Waals surface area contributed by atoms with Crippen LogP contribution >= 0.6 is 0 Å². The van der Waals surface area contributed by atoms with Crippen LogP contribution in [0.15, 0.2) is 35.1 Å². The van der Waals surface area contributed by atoms with Crippen LogP contribution in [-0.4, -0.2) is 7.05 Å². The Kier molecular flexibility index (Phi) is 6.03. The predicted molar refractivity (Wildman–Crippen MR) is 60.6 cm³/mol. The molecule has 0 aromatic rings. The van der Waals surface area contributed by atoms with E-state index in [1.807, 2.05) is 13.2 Å². The molecule has 0 unspecified atom stereocenters. The summed E-state index contributed by atoms with van der Waals surface area (Å²) in [6, 6.07) is 0. The molecule has 0 aromatic carbocycles. The van der Waals surface area contributed by atoms with Crippen molar-refractivity contribution in [2.75, 3.05) is 7.05 Å². The Bertz CT molecular complexity index is 228. The van der Waals surface area contributed by atoms with E-state index in [0.29, 0.717) is 0 Å². The maximum atomic E-state index is 3.07. The number of nitrogens with one attached hydrogen (secondary N) is 1. The van der Waals surface area contributed by atoms with Crippen LogP contribution in [-0.2, 0) is 0 Å². The molecular weight excluding hydrogens is 158 g/mol. The van der Waals surface area contributed by atoms with Gasteiger partial charge in [-0.25, -0.2) is 0 Å². The maximum absolute atomic E-state index is 3.07. The fraction of sp³-hybridized carbons (Fsp3) is 0.500. The van der Waals surface area contributed by atoms with Crippen LogP contribution in [0.4, 0.5) is 0 Å². The lowest BCUT2D eigenvalue weighted by Crippen LogP contribution is -1.96. The fourth-order valence-corrected chi connectivity index (χ4v) is 1.16. The van der Waals surface area contributed by atoms with E-state index in [9.17, 15) is 0 Å². The van der Waals surface area contributed by atoms with Gasteiger partial charge in [0.25, 0.3) is 0 Å². The molecule has 0 bridgehead atoms. The molecule has 0 heterocycles. The van der Waals surface area contributed by atoms with Gasteiger partial charge < -0.3 is 5.32 Å². The van der Waals surface area contributed by atoms with Crippen LogP contribution < -0.4 is 5.32 Å². The largest absolute Gasteiger partial charge is 0.393 e. The highest BCUT2D eigenvalue weighted by atomic mass is 14.8. The Hall–Kier alpha value is -0.980. The lowest BCUT2D eigenvalue weighted by molar-refractivity contribution is 1.08. The van der Waals surface area contributed by atoms with Crippen molar-refractivity contribution >= 4 is 0 Å². The topological polar surface area (TPSA) is 12.0 Å². The molecule has 0 aliphatic carbocycles. The van der Waals surface area contributed by atoms with Crippen LogP contribution in [0.5, 0.6) is 0 Å². The second kappa shape index (κ2) is 6.53. The molecule has 0 spiro atoms. The first kappa shape index (κ1) is 12.0. The lowest BCUT2D eigenvalue weighted by atomic mass is 10.1. The summed E-state index contributed by atoms with van der Waals surface area (Å²) >= 11 is 0. The third-order valence-electron chi connectivity index (χ3n) is 1.71. The van der Waals surface area contributed by atoms with Crippen molar-refractivity contribution in [1.82, 2.24) is 5.32 Å². The van der Waals surface area contributed by atoms with Crippen LogP contribution in [0.1, 0.15) is 34.1 Å². The van der Waals surface area contributed by atoms with Crippen molar-refractivity contribution in [3.8, 4) is 0 Å². The van der Waals surface area contributed by atoms with E-state index in [4.69, 9.17) is 0 Å². The molecule has 13 heavy (non-hydrogen) atoms. The summed E-state index contributed by atoms with van der Waals surface area (Å²) in [4.78, 5) is 0. The normalized spacial score (nSPS) is 12.7. The van der Waals surface area contributed by atoms with E-state index in [0.717, 1.165) is 6.42 Å². The number of hydrogen-bond acceptors (Lipinski definition) is 1. The van der Waals surface area contributed by atoms with Gasteiger partial charge in [-0.3, -0.25) is 0 Å². The van der Waals surface area contributed by atoms with Crippen molar-refractivity contribution in [1.29, 1.82) is 0 Å². The first-order valence-corrected chi connectivity index (χ1v) is 4.81. The van der Waals surface area contributed by atoms with Crippen molar-refractivity contribution in [2.45, 2.75) is 34.1 Å². The van der Waals surface area contributed by atoms with Gasteiger partial charge in [0, 0.05) is 13.2 Å².